The van der Waals surface area contributed by atoms with E-state index < -0.39 is 65.4 Å². The summed E-state index contributed by atoms with van der Waals surface area (Å²) in [6, 6.07) is 5.78. The third-order valence-electron chi connectivity index (χ3n) is 8.16. The molecular formula is C33H43F3N4O6. The van der Waals surface area contributed by atoms with Crippen LogP contribution in [0.5, 0.6) is 0 Å². The third-order valence-corrected chi connectivity index (χ3v) is 8.16. The highest BCUT2D eigenvalue weighted by atomic mass is 19.2. The van der Waals surface area contributed by atoms with Gasteiger partial charge in [-0.05, 0) is 31.4 Å². The fourth-order valence-electron chi connectivity index (χ4n) is 5.66. The Kier molecular flexibility index (Phi) is 13.7. The Bertz CT molecular complexity index is 1360. The van der Waals surface area contributed by atoms with Crippen molar-refractivity contribution in [2.75, 3.05) is 26.8 Å². The van der Waals surface area contributed by atoms with Crippen LogP contribution in [0.1, 0.15) is 61.9 Å². The Morgan fingerprint density at radius 3 is 2.37 bits per heavy atom. The number of benzene rings is 2. The molecule has 1 heterocycles. The molecule has 10 nitrogen and oxygen atoms in total. The Morgan fingerprint density at radius 1 is 1.07 bits per heavy atom. The largest absolute Gasteiger partial charge is 0.480 e. The fraction of sp³-hybridized carbons (Fsp3) is 0.515. The first-order chi connectivity index (χ1) is 21.9. The molecule has 2 amide bonds. The van der Waals surface area contributed by atoms with Gasteiger partial charge in [-0.3, -0.25) is 14.4 Å². The Balaban J connectivity index is 1.70. The third kappa shape index (κ3) is 9.84. The van der Waals surface area contributed by atoms with Crippen LogP contribution in [0.25, 0.3) is 0 Å². The number of hydrogen-bond acceptors (Lipinski definition) is 7. The number of carbonyl (C=O) groups excluding carboxylic acids is 3. The Hall–Kier alpha value is -3.81. The number of nitrogens with one attached hydrogen (secondary N) is 1. The van der Waals surface area contributed by atoms with Crippen molar-refractivity contribution in [1.82, 2.24) is 15.1 Å². The molecule has 0 spiro atoms. The van der Waals surface area contributed by atoms with E-state index in [0.717, 1.165) is 0 Å². The molecule has 5 atom stereocenters. The molecule has 2 aromatic carbocycles. The lowest BCUT2D eigenvalue weighted by molar-refractivity contribution is -0.149. The summed E-state index contributed by atoms with van der Waals surface area (Å²) >= 11 is 0. The van der Waals surface area contributed by atoms with Gasteiger partial charge >= 0.3 is 5.97 Å². The van der Waals surface area contributed by atoms with Crippen molar-refractivity contribution in [3.63, 3.8) is 0 Å². The summed E-state index contributed by atoms with van der Waals surface area (Å²) in [7, 11) is 1.47. The number of nitrogens with zero attached hydrogens (tertiary/aromatic N) is 2. The number of ether oxygens (including phenoxy) is 1. The van der Waals surface area contributed by atoms with Crippen LogP contribution in [-0.4, -0.2) is 95.5 Å². The molecule has 1 fully saturated rings. The van der Waals surface area contributed by atoms with E-state index in [4.69, 9.17) is 10.5 Å². The molecule has 0 aromatic heterocycles. The number of likely N-dealkylation sites (tertiary alicyclic amines) is 1. The number of carbonyl (C=O) groups is 4. The van der Waals surface area contributed by atoms with Gasteiger partial charge in [-0.1, -0.05) is 43.7 Å². The molecule has 1 aliphatic heterocycles. The highest BCUT2D eigenvalue weighted by molar-refractivity contribution is 5.96. The average Bonchev–Trinajstić information content (AvgIpc) is 3.48. The van der Waals surface area contributed by atoms with E-state index >= 15 is 0 Å². The van der Waals surface area contributed by atoms with Gasteiger partial charge in [0.05, 0.1) is 18.7 Å². The molecule has 0 aliphatic carbocycles. The van der Waals surface area contributed by atoms with Gasteiger partial charge in [0.2, 0.25) is 11.8 Å². The highest BCUT2D eigenvalue weighted by Gasteiger charge is 2.44. The average molecular weight is 649 g/mol. The maximum absolute atomic E-state index is 14.1. The summed E-state index contributed by atoms with van der Waals surface area (Å²) in [6.45, 7) is 4.22. The number of aliphatic carboxylic acids is 1. The molecule has 1 aliphatic rings. The van der Waals surface area contributed by atoms with Crippen molar-refractivity contribution in [3.8, 4) is 0 Å². The lowest BCUT2D eigenvalue weighted by Gasteiger charge is -2.30. The number of carboxylic acid groups (broad SMARTS) is 1. The Labute approximate surface area is 267 Å². The van der Waals surface area contributed by atoms with Crippen LogP contribution in [-0.2, 0) is 25.5 Å². The van der Waals surface area contributed by atoms with Crippen molar-refractivity contribution >= 4 is 23.6 Å². The SMILES string of the molecule is CCC[C@H](NC(COCC)CC(=O)c1ccccc1)C(=O)N1C[C@@H](N(C)C(=O)C[C@H](N)Cc2cc(F)c(F)cc2F)C[C@H]1C(=O)O. The minimum absolute atomic E-state index is 0.0237. The second-order valence-corrected chi connectivity index (χ2v) is 11.6. The first-order valence-electron chi connectivity index (χ1n) is 15.5. The second-order valence-electron chi connectivity index (χ2n) is 11.6. The minimum Gasteiger partial charge on any atom is -0.480 e. The number of halogens is 3. The van der Waals surface area contributed by atoms with E-state index in [1.807, 2.05) is 19.9 Å². The van der Waals surface area contributed by atoms with Crippen LogP contribution in [0.4, 0.5) is 13.2 Å². The van der Waals surface area contributed by atoms with E-state index in [0.29, 0.717) is 37.1 Å². The van der Waals surface area contributed by atoms with E-state index in [-0.39, 0.29) is 50.2 Å². The summed E-state index contributed by atoms with van der Waals surface area (Å²) in [4.78, 5) is 54.8. The van der Waals surface area contributed by atoms with Gasteiger partial charge in [0.15, 0.2) is 17.4 Å². The van der Waals surface area contributed by atoms with E-state index in [1.54, 1.807) is 24.3 Å². The van der Waals surface area contributed by atoms with Gasteiger partial charge in [0.1, 0.15) is 11.9 Å². The molecule has 0 bridgehead atoms. The van der Waals surface area contributed by atoms with Crippen molar-refractivity contribution in [3.05, 3.63) is 71.0 Å². The summed E-state index contributed by atoms with van der Waals surface area (Å²) in [5.41, 5.74) is 6.40. The Morgan fingerprint density at radius 2 is 1.74 bits per heavy atom. The predicted octanol–water partition coefficient (Wildman–Crippen LogP) is 3.31. The van der Waals surface area contributed by atoms with E-state index in [2.05, 4.69) is 5.32 Å². The van der Waals surface area contributed by atoms with Crippen molar-refractivity contribution in [2.45, 2.75) is 82.6 Å². The molecule has 1 saturated heterocycles. The first kappa shape index (κ1) is 36.7. The van der Waals surface area contributed by atoms with Gasteiger partial charge in [-0.2, -0.15) is 0 Å². The van der Waals surface area contributed by atoms with Crippen LogP contribution >= 0.6 is 0 Å². The second kappa shape index (κ2) is 17.2. The monoisotopic (exact) mass is 648 g/mol. The lowest BCUT2D eigenvalue weighted by atomic mass is 10.0. The molecular weight excluding hydrogens is 605 g/mol. The number of nitrogens with two attached hydrogens (primary N) is 1. The van der Waals surface area contributed by atoms with Crippen LogP contribution in [0.15, 0.2) is 42.5 Å². The number of likely N-dealkylation sites (N-methyl/N-ethyl adjacent to an activating group) is 1. The van der Waals surface area contributed by atoms with E-state index in [9.17, 15) is 37.5 Å². The van der Waals surface area contributed by atoms with Crippen LogP contribution in [0.3, 0.4) is 0 Å². The van der Waals surface area contributed by atoms with Crippen molar-refractivity contribution < 1.29 is 42.2 Å². The molecule has 13 heteroatoms. The smallest absolute Gasteiger partial charge is 0.326 e. The standard InChI is InChI=1S/C33H43F3N4O6/c1-4-9-28(38-23(19-46-5-2)15-30(41)20-10-7-6-8-11-20)32(43)40-18-24(16-29(40)33(44)45)39(3)31(42)14-22(37)12-21-13-26(35)27(36)17-25(21)34/h6-8,10-11,13,17,22-24,28-29,38H,4-5,9,12,14-16,18-19,37H2,1-3H3,(H,44,45)/t22-,23?,24+,28+,29+/m1/s1. The van der Waals surface area contributed by atoms with Gasteiger partial charge < -0.3 is 30.7 Å². The van der Waals surface area contributed by atoms with Gasteiger partial charge in [-0.25, -0.2) is 18.0 Å². The van der Waals surface area contributed by atoms with Crippen molar-refractivity contribution in [1.29, 1.82) is 0 Å². The number of hydrogen-bond donors (Lipinski definition) is 3. The van der Waals surface area contributed by atoms with Crippen LogP contribution in [0, 0.1) is 17.5 Å². The maximum Gasteiger partial charge on any atom is 0.326 e. The van der Waals surface area contributed by atoms with Gasteiger partial charge in [0.25, 0.3) is 0 Å². The number of amides is 2. The molecule has 0 radical (unpaired) electrons. The van der Waals surface area contributed by atoms with Crippen molar-refractivity contribution in [2.24, 2.45) is 5.73 Å². The molecule has 3 rings (SSSR count). The molecule has 0 saturated carbocycles. The normalized spacial score (nSPS) is 18.2. The zero-order valence-electron chi connectivity index (χ0n) is 26.4. The summed E-state index contributed by atoms with van der Waals surface area (Å²) in [5.74, 6) is -5.83. The predicted molar refractivity (Wildman–Crippen MR) is 164 cm³/mol. The molecule has 2 aromatic rings. The fourth-order valence-corrected chi connectivity index (χ4v) is 5.66. The summed E-state index contributed by atoms with van der Waals surface area (Å²) in [5, 5.41) is 13.3. The number of ketones is 1. The zero-order valence-corrected chi connectivity index (χ0v) is 26.4. The maximum atomic E-state index is 14.1. The topological polar surface area (TPSA) is 142 Å². The lowest BCUT2D eigenvalue weighted by Crippen LogP contribution is -2.54. The quantitative estimate of drug-likeness (QED) is 0.175. The molecule has 46 heavy (non-hydrogen) atoms. The van der Waals surface area contributed by atoms with Gasteiger partial charge in [-0.15, -0.1) is 0 Å². The highest BCUT2D eigenvalue weighted by Crippen LogP contribution is 2.25. The first-order valence-corrected chi connectivity index (χ1v) is 15.5. The van der Waals surface area contributed by atoms with Gasteiger partial charge in [0, 0.05) is 63.2 Å². The molecule has 252 valence electrons. The zero-order chi connectivity index (χ0) is 34.0. The number of Topliss-reactive ketones (excluding diaryl/α,β-unsaturated/α-hetero) is 1. The summed E-state index contributed by atoms with van der Waals surface area (Å²) in [6.07, 6.45) is 0.514. The number of rotatable bonds is 17. The number of carboxylic acids is 1. The van der Waals surface area contributed by atoms with E-state index in [1.165, 1.54) is 16.8 Å². The van der Waals surface area contributed by atoms with Crippen LogP contribution in [0.2, 0.25) is 0 Å². The summed E-state index contributed by atoms with van der Waals surface area (Å²) < 4.78 is 46.6. The van der Waals surface area contributed by atoms with Crippen LogP contribution < -0.4 is 11.1 Å². The minimum atomic E-state index is -1.33. The molecule has 4 N–H and O–H groups in total. The molecule has 1 unspecified atom stereocenters.